The predicted octanol–water partition coefficient (Wildman–Crippen LogP) is 4.36. The van der Waals surface area contributed by atoms with Crippen LogP contribution in [0.2, 0.25) is 0 Å². The molecule has 0 radical (unpaired) electrons. The summed E-state index contributed by atoms with van der Waals surface area (Å²) in [5, 5.41) is 4.96. The maximum absolute atomic E-state index is 14.5. The lowest BCUT2D eigenvalue weighted by Crippen LogP contribution is -2.49. The van der Waals surface area contributed by atoms with Crippen molar-refractivity contribution in [2.75, 3.05) is 6.54 Å². The van der Waals surface area contributed by atoms with Crippen LogP contribution in [0.3, 0.4) is 0 Å². The highest BCUT2D eigenvalue weighted by atomic mass is 19.1. The number of rotatable bonds is 11. The van der Waals surface area contributed by atoms with Crippen molar-refractivity contribution in [3.05, 3.63) is 131 Å². The molecule has 0 aliphatic carbocycles. The molecule has 214 valence electrons. The van der Waals surface area contributed by atoms with E-state index in [2.05, 4.69) is 10.6 Å². The van der Waals surface area contributed by atoms with Crippen molar-refractivity contribution in [1.82, 2.24) is 10.6 Å². The molecular formula is C32H28FN3O6. The minimum Gasteiger partial charge on any atom is -0.459 e. The Hall–Kier alpha value is -5.51. The van der Waals surface area contributed by atoms with Gasteiger partial charge in [-0.15, -0.1) is 0 Å². The van der Waals surface area contributed by atoms with E-state index in [0.29, 0.717) is 5.56 Å². The fourth-order valence-electron chi connectivity index (χ4n) is 4.05. The number of carbonyl (C=O) groups is 4. The molecule has 4 N–H and O–H groups in total. The fourth-order valence-corrected chi connectivity index (χ4v) is 4.05. The van der Waals surface area contributed by atoms with Crippen LogP contribution in [0.4, 0.5) is 9.18 Å². The molecule has 0 heterocycles. The van der Waals surface area contributed by atoms with E-state index >= 15 is 0 Å². The zero-order valence-electron chi connectivity index (χ0n) is 22.4. The Bertz CT molecular complexity index is 1560. The van der Waals surface area contributed by atoms with Crippen molar-refractivity contribution in [2.24, 2.45) is 5.73 Å². The van der Waals surface area contributed by atoms with Crippen LogP contribution >= 0.6 is 0 Å². The fraction of sp³-hybridized carbons (Fsp3) is 0.125. The lowest BCUT2D eigenvalue weighted by Gasteiger charge is -2.18. The van der Waals surface area contributed by atoms with Gasteiger partial charge in [-0.3, -0.25) is 9.59 Å². The van der Waals surface area contributed by atoms with E-state index in [1.807, 2.05) is 12.1 Å². The first-order chi connectivity index (χ1) is 20.3. The Morgan fingerprint density at radius 1 is 0.762 bits per heavy atom. The SMILES string of the molecule is NC(=O)c1ccccc1-c1cc(F)cc(C(=O)NC[C@@H](NC(=O)OCc2ccccc2)C(=O)OCc2ccccc2)c1. The van der Waals surface area contributed by atoms with Crippen LogP contribution < -0.4 is 16.4 Å². The van der Waals surface area contributed by atoms with Crippen molar-refractivity contribution < 1.29 is 33.0 Å². The average Bonchev–Trinajstić information content (AvgIpc) is 3.01. The molecule has 0 aliphatic rings. The minimum atomic E-state index is -1.32. The standard InChI is InChI=1S/C32H28FN3O6/c33-25-16-23(26-13-7-8-14-27(26)29(34)37)15-24(17-25)30(38)35-18-28(31(39)41-19-21-9-3-1-4-10-21)36-32(40)42-20-22-11-5-2-6-12-22/h1-17,28H,18-20H2,(H2,34,37)(H,35,38)(H,36,40)/t28-/m1/s1. The summed E-state index contributed by atoms with van der Waals surface area (Å²) in [6.07, 6.45) is -0.897. The molecule has 0 aliphatic heterocycles. The maximum Gasteiger partial charge on any atom is 0.408 e. The van der Waals surface area contributed by atoms with E-state index in [-0.39, 0.29) is 36.4 Å². The number of hydrogen-bond donors (Lipinski definition) is 3. The van der Waals surface area contributed by atoms with Gasteiger partial charge in [-0.25, -0.2) is 14.0 Å². The van der Waals surface area contributed by atoms with Crippen LogP contribution in [0.1, 0.15) is 31.8 Å². The summed E-state index contributed by atoms with van der Waals surface area (Å²) < 4.78 is 25.1. The maximum atomic E-state index is 14.5. The third kappa shape index (κ3) is 8.25. The zero-order valence-corrected chi connectivity index (χ0v) is 22.4. The second-order valence-corrected chi connectivity index (χ2v) is 9.20. The number of esters is 1. The normalized spacial score (nSPS) is 11.2. The predicted molar refractivity (Wildman–Crippen MR) is 152 cm³/mol. The summed E-state index contributed by atoms with van der Waals surface area (Å²) in [4.78, 5) is 50.3. The Morgan fingerprint density at radius 2 is 1.36 bits per heavy atom. The summed E-state index contributed by atoms with van der Waals surface area (Å²) in [5.74, 6) is -2.97. The van der Waals surface area contributed by atoms with Gasteiger partial charge in [-0.1, -0.05) is 78.9 Å². The quantitative estimate of drug-likeness (QED) is 0.230. The van der Waals surface area contributed by atoms with Gasteiger partial charge in [-0.05, 0) is 46.5 Å². The van der Waals surface area contributed by atoms with Crippen LogP contribution in [0.25, 0.3) is 11.1 Å². The Labute approximate surface area is 241 Å². The largest absolute Gasteiger partial charge is 0.459 e. The number of carbonyl (C=O) groups excluding carboxylic acids is 4. The molecule has 0 bridgehead atoms. The van der Waals surface area contributed by atoms with E-state index in [1.165, 1.54) is 18.2 Å². The number of ether oxygens (including phenoxy) is 2. The molecule has 0 fully saturated rings. The summed E-state index contributed by atoms with van der Waals surface area (Å²) in [5.41, 5.74) is 7.61. The third-order valence-corrected chi connectivity index (χ3v) is 6.14. The van der Waals surface area contributed by atoms with E-state index in [1.54, 1.807) is 66.7 Å². The van der Waals surface area contributed by atoms with Crippen molar-refractivity contribution in [1.29, 1.82) is 0 Å². The van der Waals surface area contributed by atoms with Gasteiger partial charge >= 0.3 is 12.1 Å². The van der Waals surface area contributed by atoms with E-state index in [0.717, 1.165) is 17.2 Å². The van der Waals surface area contributed by atoms with Crippen LogP contribution in [0, 0.1) is 5.82 Å². The first kappa shape index (κ1) is 29.5. The summed E-state index contributed by atoms with van der Waals surface area (Å²) >= 11 is 0. The number of hydrogen-bond acceptors (Lipinski definition) is 6. The van der Waals surface area contributed by atoms with E-state index in [9.17, 15) is 23.6 Å². The monoisotopic (exact) mass is 569 g/mol. The second kappa shape index (κ2) is 14.2. The molecule has 3 amide bonds. The Balaban J connectivity index is 1.46. The van der Waals surface area contributed by atoms with E-state index in [4.69, 9.17) is 15.2 Å². The lowest BCUT2D eigenvalue weighted by atomic mass is 9.97. The molecule has 10 heteroatoms. The number of amides is 3. The zero-order chi connectivity index (χ0) is 29.9. The number of halogens is 1. The smallest absolute Gasteiger partial charge is 0.408 e. The highest BCUT2D eigenvalue weighted by molar-refractivity contribution is 6.01. The lowest BCUT2D eigenvalue weighted by molar-refractivity contribution is -0.147. The molecule has 9 nitrogen and oxygen atoms in total. The van der Waals surface area contributed by atoms with Crippen molar-refractivity contribution in [2.45, 2.75) is 19.3 Å². The van der Waals surface area contributed by atoms with Crippen LogP contribution in [0.5, 0.6) is 0 Å². The first-order valence-corrected chi connectivity index (χ1v) is 13.0. The highest BCUT2D eigenvalue weighted by Crippen LogP contribution is 2.25. The third-order valence-electron chi connectivity index (χ3n) is 6.14. The van der Waals surface area contributed by atoms with Crippen LogP contribution in [0.15, 0.2) is 103 Å². The molecular weight excluding hydrogens is 541 g/mol. The van der Waals surface area contributed by atoms with Gasteiger partial charge in [0, 0.05) is 17.7 Å². The second-order valence-electron chi connectivity index (χ2n) is 9.20. The number of nitrogens with two attached hydrogens (primary N) is 1. The highest BCUT2D eigenvalue weighted by Gasteiger charge is 2.25. The molecule has 4 rings (SSSR count). The van der Waals surface area contributed by atoms with Gasteiger partial charge < -0.3 is 25.8 Å². The molecule has 0 aromatic heterocycles. The first-order valence-electron chi connectivity index (χ1n) is 13.0. The topological polar surface area (TPSA) is 137 Å². The number of benzene rings is 4. The number of primary amides is 1. The minimum absolute atomic E-state index is 0.0380. The Kier molecular flexibility index (Phi) is 9.98. The molecule has 0 spiro atoms. The summed E-state index contributed by atoms with van der Waals surface area (Å²) in [7, 11) is 0. The van der Waals surface area contributed by atoms with Gasteiger partial charge in [0.2, 0.25) is 5.91 Å². The molecule has 0 saturated heterocycles. The van der Waals surface area contributed by atoms with E-state index < -0.39 is 35.7 Å². The van der Waals surface area contributed by atoms with Gasteiger partial charge in [0.25, 0.3) is 5.91 Å². The number of alkyl carbamates (subject to hydrolysis) is 1. The van der Waals surface area contributed by atoms with Gasteiger partial charge in [0.05, 0.1) is 0 Å². The van der Waals surface area contributed by atoms with Crippen molar-refractivity contribution >= 4 is 23.9 Å². The average molecular weight is 570 g/mol. The molecule has 42 heavy (non-hydrogen) atoms. The molecule has 4 aromatic carbocycles. The van der Waals surface area contributed by atoms with Crippen LogP contribution in [-0.4, -0.2) is 36.5 Å². The molecule has 1 atom stereocenters. The van der Waals surface area contributed by atoms with Crippen molar-refractivity contribution in [3.63, 3.8) is 0 Å². The van der Waals surface area contributed by atoms with Crippen LogP contribution in [-0.2, 0) is 27.5 Å². The number of nitrogens with one attached hydrogen (secondary N) is 2. The Morgan fingerprint density at radius 3 is 2.00 bits per heavy atom. The summed E-state index contributed by atoms with van der Waals surface area (Å²) in [6.45, 7) is -0.475. The van der Waals surface area contributed by atoms with Crippen molar-refractivity contribution in [3.8, 4) is 11.1 Å². The van der Waals surface area contributed by atoms with Gasteiger partial charge in [0.15, 0.2) is 0 Å². The molecule has 0 unspecified atom stereocenters. The van der Waals surface area contributed by atoms with Gasteiger partial charge in [0.1, 0.15) is 25.1 Å². The molecule has 4 aromatic rings. The molecule has 0 saturated carbocycles. The summed E-state index contributed by atoms with van der Waals surface area (Å²) in [6, 6.07) is 26.5. The van der Waals surface area contributed by atoms with Gasteiger partial charge in [-0.2, -0.15) is 0 Å².